The molecule has 0 heterocycles. The molecule has 0 aromatic carbocycles. The summed E-state index contributed by atoms with van der Waals surface area (Å²) in [5, 5.41) is 11.6. The van der Waals surface area contributed by atoms with E-state index in [1.165, 1.54) is 0 Å². The van der Waals surface area contributed by atoms with E-state index in [9.17, 15) is 0 Å². The Balaban J connectivity index is 3.87. The van der Waals surface area contributed by atoms with Gasteiger partial charge in [-0.2, -0.15) is 5.26 Å². The molecule has 0 aromatic rings. The fourth-order valence-electron chi connectivity index (χ4n) is 0.701. The van der Waals surface area contributed by atoms with E-state index in [1.54, 1.807) is 4.90 Å². The highest BCUT2D eigenvalue weighted by Gasteiger charge is 2.02. The van der Waals surface area contributed by atoms with Gasteiger partial charge in [0, 0.05) is 13.1 Å². The Bertz CT molecular complexity index is 168. The van der Waals surface area contributed by atoms with Crippen LogP contribution in [0, 0.1) is 11.3 Å². The first kappa shape index (κ1) is 9.56. The molecule has 11 heavy (non-hydrogen) atoms. The zero-order chi connectivity index (χ0) is 8.69. The van der Waals surface area contributed by atoms with Gasteiger partial charge in [-0.15, -0.1) is 5.10 Å². The monoisotopic (exact) mass is 155 g/mol. The van der Waals surface area contributed by atoms with Crippen molar-refractivity contribution in [2.75, 3.05) is 13.1 Å². The summed E-state index contributed by atoms with van der Waals surface area (Å²) < 4.78 is 0. The van der Waals surface area contributed by atoms with E-state index in [0.717, 1.165) is 0 Å². The molecule has 0 radical (unpaired) electrons. The molecule has 0 amide bonds. The predicted molar refractivity (Wildman–Crippen MR) is 43.3 cm³/mol. The summed E-state index contributed by atoms with van der Waals surface area (Å²) in [4.78, 5) is 1.74. The quantitative estimate of drug-likeness (QED) is 0.246. The van der Waals surface area contributed by atoms with Crippen LogP contribution in [0.2, 0.25) is 0 Å². The second-order valence-electron chi connectivity index (χ2n) is 1.98. The summed E-state index contributed by atoms with van der Waals surface area (Å²) in [5.74, 6) is 5.24. The van der Waals surface area contributed by atoms with Crippen LogP contribution in [-0.2, 0) is 0 Å². The molecule has 62 valence electrons. The molecule has 0 aliphatic carbocycles. The van der Waals surface area contributed by atoms with Crippen molar-refractivity contribution in [3.8, 4) is 6.07 Å². The van der Waals surface area contributed by atoms with Gasteiger partial charge in [0.15, 0.2) is 0 Å². The molecular weight excluding hydrogens is 142 g/mol. The van der Waals surface area contributed by atoms with E-state index in [2.05, 4.69) is 5.10 Å². The molecule has 0 unspecified atom stereocenters. The van der Waals surface area contributed by atoms with Crippen molar-refractivity contribution in [2.45, 2.75) is 13.3 Å². The molecule has 0 saturated heterocycles. The smallest absolute Gasteiger partial charge is 0.213 e. The molecule has 0 bridgehead atoms. The SMILES string of the molecule is CCN(CCC#N)C(N)=NN. The van der Waals surface area contributed by atoms with Gasteiger partial charge in [0.1, 0.15) is 0 Å². The van der Waals surface area contributed by atoms with Crippen molar-refractivity contribution in [3.05, 3.63) is 0 Å². The predicted octanol–water partition coefficient (Wildman–Crippen LogP) is -0.590. The van der Waals surface area contributed by atoms with Crippen LogP contribution in [0.3, 0.4) is 0 Å². The van der Waals surface area contributed by atoms with Gasteiger partial charge in [-0.1, -0.05) is 0 Å². The molecule has 0 aliphatic rings. The lowest BCUT2D eigenvalue weighted by Crippen LogP contribution is -2.38. The Morgan fingerprint density at radius 2 is 2.36 bits per heavy atom. The first-order valence-electron chi connectivity index (χ1n) is 3.41. The summed E-state index contributed by atoms with van der Waals surface area (Å²) in [7, 11) is 0. The van der Waals surface area contributed by atoms with E-state index in [4.69, 9.17) is 16.8 Å². The number of nitrogens with two attached hydrogens (primary N) is 2. The largest absolute Gasteiger partial charge is 0.368 e. The Hall–Kier alpha value is -1.44. The van der Waals surface area contributed by atoms with Crippen LogP contribution in [-0.4, -0.2) is 23.9 Å². The lowest BCUT2D eigenvalue weighted by Gasteiger charge is -2.18. The minimum absolute atomic E-state index is 0.280. The number of hydrazone groups is 1. The van der Waals surface area contributed by atoms with Gasteiger partial charge < -0.3 is 16.5 Å². The third-order valence-corrected chi connectivity index (χ3v) is 1.33. The molecule has 0 rings (SSSR count). The number of nitriles is 1. The van der Waals surface area contributed by atoms with Crippen LogP contribution in [0.4, 0.5) is 0 Å². The average Bonchev–Trinajstić information content (AvgIpc) is 2.05. The van der Waals surface area contributed by atoms with Crippen molar-refractivity contribution in [1.29, 1.82) is 5.26 Å². The van der Waals surface area contributed by atoms with Crippen molar-refractivity contribution in [2.24, 2.45) is 16.7 Å². The normalized spacial score (nSPS) is 10.7. The van der Waals surface area contributed by atoms with Crippen LogP contribution in [0.25, 0.3) is 0 Å². The minimum Gasteiger partial charge on any atom is -0.368 e. The second kappa shape index (κ2) is 5.35. The molecule has 0 spiro atoms. The summed E-state index contributed by atoms with van der Waals surface area (Å²) in [6, 6.07) is 2.02. The molecule has 0 aliphatic heterocycles. The van der Waals surface area contributed by atoms with Crippen LogP contribution >= 0.6 is 0 Å². The van der Waals surface area contributed by atoms with Crippen molar-refractivity contribution >= 4 is 5.96 Å². The number of rotatable bonds is 3. The molecule has 4 N–H and O–H groups in total. The van der Waals surface area contributed by atoms with E-state index in [-0.39, 0.29) is 5.96 Å². The van der Waals surface area contributed by atoms with Crippen molar-refractivity contribution in [3.63, 3.8) is 0 Å². The Morgan fingerprint density at radius 3 is 2.73 bits per heavy atom. The Labute approximate surface area is 66.3 Å². The maximum absolute atomic E-state index is 8.28. The van der Waals surface area contributed by atoms with Crippen LogP contribution in [0.5, 0.6) is 0 Å². The summed E-state index contributed by atoms with van der Waals surface area (Å²) in [6.07, 6.45) is 0.435. The zero-order valence-corrected chi connectivity index (χ0v) is 6.62. The van der Waals surface area contributed by atoms with Gasteiger partial charge in [0.05, 0.1) is 12.5 Å². The fourth-order valence-corrected chi connectivity index (χ4v) is 0.701. The highest BCUT2D eigenvalue weighted by molar-refractivity contribution is 5.77. The molecule has 0 aromatic heterocycles. The standard InChI is InChI=1S/C6H13N5/c1-2-11(5-3-4-7)6(8)10-9/h2-3,5,9H2,1H3,(H2,8,10). The average molecular weight is 155 g/mol. The minimum atomic E-state index is 0.280. The Kier molecular flexibility index (Phi) is 4.65. The topological polar surface area (TPSA) is 91.4 Å². The molecule has 0 atom stereocenters. The van der Waals surface area contributed by atoms with Crippen molar-refractivity contribution in [1.82, 2.24) is 4.90 Å². The van der Waals surface area contributed by atoms with Gasteiger partial charge in [-0.05, 0) is 6.92 Å². The molecule has 0 fully saturated rings. The van der Waals surface area contributed by atoms with E-state index >= 15 is 0 Å². The van der Waals surface area contributed by atoms with E-state index in [1.807, 2.05) is 13.0 Å². The highest BCUT2D eigenvalue weighted by Crippen LogP contribution is 1.88. The van der Waals surface area contributed by atoms with Gasteiger partial charge in [-0.3, -0.25) is 0 Å². The van der Waals surface area contributed by atoms with Crippen LogP contribution in [0.1, 0.15) is 13.3 Å². The number of hydrogen-bond donors (Lipinski definition) is 2. The molecule has 5 heteroatoms. The maximum Gasteiger partial charge on any atom is 0.213 e. The summed E-state index contributed by atoms with van der Waals surface area (Å²) in [6.45, 7) is 3.23. The fraction of sp³-hybridized carbons (Fsp3) is 0.667. The Morgan fingerprint density at radius 1 is 1.73 bits per heavy atom. The molecule has 0 saturated carbocycles. The highest BCUT2D eigenvalue weighted by atomic mass is 15.3. The lowest BCUT2D eigenvalue weighted by atomic mass is 10.4. The zero-order valence-electron chi connectivity index (χ0n) is 6.62. The van der Waals surface area contributed by atoms with Gasteiger partial charge in [-0.25, -0.2) is 0 Å². The lowest BCUT2D eigenvalue weighted by molar-refractivity contribution is 0.444. The van der Waals surface area contributed by atoms with Gasteiger partial charge in [0.25, 0.3) is 0 Å². The number of hydrogen-bond acceptors (Lipinski definition) is 3. The third kappa shape index (κ3) is 3.30. The van der Waals surface area contributed by atoms with Crippen LogP contribution < -0.4 is 11.6 Å². The number of guanidine groups is 1. The third-order valence-electron chi connectivity index (χ3n) is 1.33. The summed E-state index contributed by atoms with van der Waals surface area (Å²) >= 11 is 0. The first-order chi connectivity index (χ1) is 5.26. The maximum atomic E-state index is 8.28. The first-order valence-corrected chi connectivity index (χ1v) is 3.41. The van der Waals surface area contributed by atoms with Gasteiger partial charge >= 0.3 is 0 Å². The van der Waals surface area contributed by atoms with Crippen LogP contribution in [0.15, 0.2) is 5.10 Å². The number of nitrogens with zero attached hydrogens (tertiary/aromatic N) is 3. The van der Waals surface area contributed by atoms with E-state index < -0.39 is 0 Å². The van der Waals surface area contributed by atoms with Crippen molar-refractivity contribution < 1.29 is 0 Å². The molecular formula is C6H13N5. The second-order valence-corrected chi connectivity index (χ2v) is 1.98. The summed E-state index contributed by atoms with van der Waals surface area (Å²) in [5.41, 5.74) is 5.41. The van der Waals surface area contributed by atoms with E-state index in [0.29, 0.717) is 19.5 Å². The molecule has 5 nitrogen and oxygen atoms in total. The van der Waals surface area contributed by atoms with Gasteiger partial charge in [0.2, 0.25) is 5.96 Å².